The van der Waals surface area contributed by atoms with E-state index in [9.17, 15) is 0 Å². The van der Waals surface area contributed by atoms with Crippen molar-refractivity contribution in [2.24, 2.45) is 0 Å². The van der Waals surface area contributed by atoms with Crippen LogP contribution in [0.1, 0.15) is 0 Å². The summed E-state index contributed by atoms with van der Waals surface area (Å²) in [6.07, 6.45) is 0. The molecular weight excluding hydrogens is 1190 g/mol. The molecule has 9 rings (SSSR count). The van der Waals surface area contributed by atoms with E-state index in [0.29, 0.717) is 103 Å². The van der Waals surface area contributed by atoms with Gasteiger partial charge in [-0.15, -0.1) is 0 Å². The van der Waals surface area contributed by atoms with Crippen molar-refractivity contribution in [3.8, 4) is 45.6 Å². The number of benzene rings is 4. The molecule has 0 aliphatic carbocycles. The van der Waals surface area contributed by atoms with Crippen LogP contribution in [0.25, 0.3) is 89.7 Å². The lowest BCUT2D eigenvalue weighted by atomic mass is 10.1. The monoisotopic (exact) mass is 1190 g/mol. The Labute approximate surface area is 371 Å². The van der Waals surface area contributed by atoms with Gasteiger partial charge in [-0.3, -0.25) is 0 Å². The molecule has 2 aliphatic heterocycles. The standard InChI is InChI=1S/C32H6Br6Cl6N8/c33-9-1-5-13(21(41)17(9)37)29-45-25(5)49-31-15-7(3-11(35)19(39)23(15)43)28(51-31)48-30-14-6(2-10(34)18(38)22(14)42)26(46-30)50-32-16-8(27(47-29)52-32)4-12(36)20(40)24(16)44/h1-4H,(H2,45,46,47,48,49,50,51,52). The van der Waals surface area contributed by atoms with Crippen LogP contribution in [0.5, 0.6) is 0 Å². The first kappa shape index (κ1) is 36.5. The van der Waals surface area contributed by atoms with Crippen molar-refractivity contribution in [3.63, 3.8) is 0 Å². The molecule has 0 unspecified atom stereocenters. The lowest BCUT2D eigenvalue weighted by molar-refractivity contribution is 1.19. The number of H-pyrrole nitrogens is 2. The zero-order valence-corrected chi connectivity index (χ0v) is 38.6. The Kier molecular flexibility index (Phi) is 9.28. The highest BCUT2D eigenvalue weighted by Gasteiger charge is 2.29. The average Bonchev–Trinajstić information content (AvgIpc) is 3.82. The van der Waals surface area contributed by atoms with Crippen molar-refractivity contribution in [1.82, 2.24) is 39.9 Å². The number of nitrogens with one attached hydrogen (secondary N) is 2. The summed E-state index contributed by atoms with van der Waals surface area (Å²) in [5, 5.41) is 4.17. The van der Waals surface area contributed by atoms with Gasteiger partial charge < -0.3 is 9.97 Å². The van der Waals surface area contributed by atoms with Crippen LogP contribution in [0.4, 0.5) is 0 Å². The Balaban J connectivity index is 1.56. The highest BCUT2D eigenvalue weighted by Crippen LogP contribution is 2.49. The number of halogens is 12. The summed E-state index contributed by atoms with van der Waals surface area (Å²) in [6.45, 7) is 0. The molecule has 0 amide bonds. The van der Waals surface area contributed by atoms with Crippen LogP contribution in [0.3, 0.4) is 0 Å². The van der Waals surface area contributed by atoms with Gasteiger partial charge in [-0.05, 0) is 120 Å². The average molecular weight is 1190 g/mol. The summed E-state index contributed by atoms with van der Waals surface area (Å²) < 4.78 is 3.70. The molecule has 52 heavy (non-hydrogen) atoms. The molecular formula is C32H6Br6Cl6N8. The van der Waals surface area contributed by atoms with Crippen molar-refractivity contribution in [2.45, 2.75) is 0 Å². The number of aromatic amines is 2. The third-order valence-corrected chi connectivity index (χ3v) is 16.9. The molecule has 4 aromatic carbocycles. The first-order valence-corrected chi connectivity index (χ1v) is 21.3. The fourth-order valence-electron chi connectivity index (χ4n) is 6.02. The van der Waals surface area contributed by atoms with Crippen LogP contribution in [-0.4, -0.2) is 39.9 Å². The van der Waals surface area contributed by atoms with E-state index in [1.165, 1.54) is 0 Å². The van der Waals surface area contributed by atoms with E-state index in [-0.39, 0.29) is 43.4 Å². The second-order valence-electron chi connectivity index (χ2n) is 11.2. The van der Waals surface area contributed by atoms with Crippen molar-refractivity contribution in [2.75, 3.05) is 0 Å². The van der Waals surface area contributed by atoms with Crippen LogP contribution >= 0.6 is 165 Å². The Morgan fingerprint density at radius 1 is 0.385 bits per heavy atom. The van der Waals surface area contributed by atoms with Gasteiger partial charge in [0.15, 0.2) is 23.3 Å². The smallest absolute Gasteiger partial charge is 0.166 e. The molecule has 0 saturated heterocycles. The maximum atomic E-state index is 6.99. The Morgan fingerprint density at radius 2 is 0.750 bits per heavy atom. The SMILES string of the molecule is Clc1c(Br)cc2c(c1Cl)-c1nc-2nc2[nH]c(nc3nc(nc4[nH]c(n1)c1cc(Br)c(Br)c(Cl)c41)-c1cc(Br)c(Cl)c(Cl)c1-3)c1cc(Br)c(Br)c(Cl)c21. The summed E-state index contributed by atoms with van der Waals surface area (Å²) in [4.78, 5) is 36.5. The number of hydrogen-bond donors (Lipinski definition) is 2. The highest BCUT2D eigenvalue weighted by atomic mass is 79.9. The van der Waals surface area contributed by atoms with Gasteiger partial charge in [0.25, 0.3) is 0 Å². The minimum absolute atomic E-state index is 0.233. The number of aromatic nitrogens is 8. The lowest BCUT2D eigenvalue weighted by Gasteiger charge is -2.06. The molecule has 0 spiro atoms. The third-order valence-electron chi connectivity index (χ3n) is 8.33. The van der Waals surface area contributed by atoms with Gasteiger partial charge in [-0.25, -0.2) is 29.9 Å². The molecule has 2 aliphatic rings. The third kappa shape index (κ3) is 5.48. The van der Waals surface area contributed by atoms with E-state index in [0.717, 1.165) is 0 Å². The molecule has 2 N–H and O–H groups in total. The van der Waals surface area contributed by atoms with Gasteiger partial charge in [0.05, 0.1) is 50.2 Å². The normalized spacial score (nSPS) is 12.2. The highest BCUT2D eigenvalue weighted by molar-refractivity contribution is 9.13. The van der Waals surface area contributed by atoms with E-state index in [1.807, 2.05) is 12.1 Å². The largest absolute Gasteiger partial charge is 0.324 e. The van der Waals surface area contributed by atoms with Gasteiger partial charge in [0.1, 0.15) is 22.6 Å². The van der Waals surface area contributed by atoms with Gasteiger partial charge >= 0.3 is 0 Å². The minimum atomic E-state index is 0.233. The Hall–Kier alpha value is -1.14. The molecule has 0 saturated carbocycles. The van der Waals surface area contributed by atoms with Gasteiger partial charge in [-0.2, -0.15) is 0 Å². The van der Waals surface area contributed by atoms with Crippen molar-refractivity contribution in [3.05, 3.63) is 81.2 Å². The van der Waals surface area contributed by atoms with Crippen LogP contribution in [-0.2, 0) is 0 Å². The fourth-order valence-corrected chi connectivity index (χ4v) is 10.3. The first-order chi connectivity index (χ1) is 24.7. The van der Waals surface area contributed by atoms with Gasteiger partial charge in [0.2, 0.25) is 0 Å². The van der Waals surface area contributed by atoms with Crippen LogP contribution in [0.15, 0.2) is 51.1 Å². The second-order valence-corrected chi connectivity index (χ2v) is 18.5. The van der Waals surface area contributed by atoms with E-state index in [4.69, 9.17) is 99.5 Å². The van der Waals surface area contributed by atoms with E-state index >= 15 is 0 Å². The van der Waals surface area contributed by atoms with Crippen molar-refractivity contribution < 1.29 is 0 Å². The molecule has 5 heterocycles. The fraction of sp³-hybridized carbons (Fsp3) is 0. The van der Waals surface area contributed by atoms with Gasteiger partial charge in [-0.1, -0.05) is 69.6 Å². The number of fused-ring (bicyclic) bond motifs is 20. The van der Waals surface area contributed by atoms with Gasteiger partial charge in [0, 0.05) is 50.6 Å². The maximum absolute atomic E-state index is 6.99. The molecule has 258 valence electrons. The zero-order chi connectivity index (χ0) is 36.7. The van der Waals surface area contributed by atoms with Crippen LogP contribution in [0, 0.1) is 0 Å². The van der Waals surface area contributed by atoms with Crippen molar-refractivity contribution in [1.29, 1.82) is 0 Å². The van der Waals surface area contributed by atoms with E-state index in [2.05, 4.69) is 106 Å². The summed E-state index contributed by atoms with van der Waals surface area (Å²) in [5.74, 6) is 1.05. The molecule has 0 atom stereocenters. The summed E-state index contributed by atoms with van der Waals surface area (Å²) in [7, 11) is 0. The number of rotatable bonds is 0. The number of nitrogens with zero attached hydrogens (tertiary/aromatic N) is 6. The van der Waals surface area contributed by atoms with E-state index in [1.54, 1.807) is 12.1 Å². The lowest BCUT2D eigenvalue weighted by Crippen LogP contribution is -1.86. The summed E-state index contributed by atoms with van der Waals surface area (Å²) in [6, 6.07) is 7.31. The number of hydrogen-bond acceptors (Lipinski definition) is 6. The van der Waals surface area contributed by atoms with Crippen LogP contribution in [0.2, 0.25) is 30.1 Å². The molecule has 8 nitrogen and oxygen atoms in total. The summed E-state index contributed by atoms with van der Waals surface area (Å²) in [5.41, 5.74) is 3.55. The first-order valence-electron chi connectivity index (χ1n) is 14.3. The zero-order valence-electron chi connectivity index (χ0n) is 24.5. The minimum Gasteiger partial charge on any atom is -0.324 e. The Bertz CT molecular complexity index is 2820. The molecule has 0 radical (unpaired) electrons. The molecule has 7 aromatic rings. The summed E-state index contributed by atoms with van der Waals surface area (Å²) >= 11 is 62.6. The molecule has 20 heteroatoms. The topological polar surface area (TPSA) is 109 Å². The van der Waals surface area contributed by atoms with E-state index < -0.39 is 0 Å². The maximum Gasteiger partial charge on any atom is 0.166 e. The second kappa shape index (κ2) is 13.2. The van der Waals surface area contributed by atoms with Crippen LogP contribution < -0.4 is 0 Å². The predicted octanol–water partition coefficient (Wildman–Crippen LogP) is 15.4. The molecule has 3 aromatic heterocycles. The quantitative estimate of drug-likeness (QED) is 0.146. The Morgan fingerprint density at radius 3 is 1.13 bits per heavy atom. The van der Waals surface area contributed by atoms with Crippen molar-refractivity contribution >= 4 is 209 Å². The molecule has 0 fully saturated rings. The molecule has 8 bridgehead atoms. The predicted molar refractivity (Wildman–Crippen MR) is 232 cm³/mol.